The second-order valence-electron chi connectivity index (χ2n) is 8.53. The number of ether oxygens (including phenoxy) is 1. The van der Waals surface area contributed by atoms with Gasteiger partial charge in [-0.25, -0.2) is 0 Å². The van der Waals surface area contributed by atoms with Crippen LogP contribution >= 0.6 is 11.3 Å². The van der Waals surface area contributed by atoms with Crippen LogP contribution in [-0.4, -0.2) is 78.2 Å². The Kier molecular flexibility index (Phi) is 10.1. The molecule has 39 heavy (non-hydrogen) atoms. The van der Waals surface area contributed by atoms with Gasteiger partial charge in [0, 0.05) is 50.7 Å². The van der Waals surface area contributed by atoms with E-state index in [1.807, 2.05) is 0 Å². The van der Waals surface area contributed by atoms with Crippen LogP contribution in [0.3, 0.4) is 0 Å². The van der Waals surface area contributed by atoms with E-state index in [2.05, 4.69) is 17.1 Å². The number of rotatable bonds is 9. The van der Waals surface area contributed by atoms with E-state index in [-0.39, 0.29) is 28.3 Å². The predicted molar refractivity (Wildman–Crippen MR) is 140 cm³/mol. The summed E-state index contributed by atoms with van der Waals surface area (Å²) in [5, 5.41) is 14.0. The van der Waals surface area contributed by atoms with Gasteiger partial charge in [0.15, 0.2) is 12.2 Å². The molecule has 2 heterocycles. The third kappa shape index (κ3) is 8.08. The van der Waals surface area contributed by atoms with Crippen LogP contribution in [0.5, 0.6) is 5.75 Å². The first kappa shape index (κ1) is 29.7. The molecular formula is C25H29F3N6O4S. The van der Waals surface area contributed by atoms with E-state index in [1.54, 1.807) is 47.5 Å². The number of carbonyl (C=O) groups excluding carboxylic acids is 2. The number of aromatic nitrogens is 1. The summed E-state index contributed by atoms with van der Waals surface area (Å²) in [5.41, 5.74) is -0.553. The molecule has 2 N–H and O–H groups in total. The zero-order valence-electron chi connectivity index (χ0n) is 21.5. The standard InChI is InChI=1S/C25H29F3N6O4S/c1-3-32-8-10-33(11-9-32)21(35)15-38-18-7-5-6-17(12-18)30-14-20-23(37)34(4-2)24(39-20)19(13-29)22(36)31-16-25(26,27)28/h5-7,12,14,30H,3-4,8-11,15-16H2,1-2H3,(H,31,36)/b20-14+,24-19-. The molecule has 1 aromatic carbocycles. The second kappa shape index (κ2) is 13.3. The molecular weight excluding hydrogens is 537 g/mol. The number of halogens is 3. The monoisotopic (exact) mass is 566 g/mol. The van der Waals surface area contributed by atoms with Crippen molar-refractivity contribution in [2.24, 2.45) is 0 Å². The van der Waals surface area contributed by atoms with Gasteiger partial charge in [0.1, 0.15) is 27.6 Å². The fourth-order valence-electron chi connectivity index (χ4n) is 3.83. The quantitative estimate of drug-likeness (QED) is 0.458. The Morgan fingerprint density at radius 1 is 1.18 bits per heavy atom. The van der Waals surface area contributed by atoms with Crippen molar-refractivity contribution in [3.05, 3.63) is 43.8 Å². The van der Waals surface area contributed by atoms with E-state index in [1.165, 1.54) is 6.20 Å². The van der Waals surface area contributed by atoms with Crippen LogP contribution in [0.2, 0.25) is 0 Å². The van der Waals surface area contributed by atoms with Gasteiger partial charge in [0.25, 0.3) is 17.4 Å². The molecule has 0 atom stereocenters. The molecule has 0 spiro atoms. The smallest absolute Gasteiger partial charge is 0.405 e. The maximum absolute atomic E-state index is 12.8. The van der Waals surface area contributed by atoms with Crippen LogP contribution in [0.15, 0.2) is 29.1 Å². The van der Waals surface area contributed by atoms with Gasteiger partial charge in [-0.1, -0.05) is 13.0 Å². The van der Waals surface area contributed by atoms with Crippen molar-refractivity contribution in [2.45, 2.75) is 26.6 Å². The average Bonchev–Trinajstić information content (AvgIpc) is 3.24. The lowest BCUT2D eigenvalue weighted by atomic mass is 10.3. The molecule has 1 aliphatic rings. The maximum atomic E-state index is 12.8. The van der Waals surface area contributed by atoms with E-state index >= 15 is 0 Å². The molecule has 1 saturated heterocycles. The SMILES string of the molecule is CCN1CCN(C(=O)COc2cccc(N/C=c3/s/c(=C(/C#N)C(=O)NCC(F)(F)F)n(CC)c3=O)c2)CC1. The van der Waals surface area contributed by atoms with E-state index in [0.717, 1.165) is 35.5 Å². The lowest BCUT2D eigenvalue weighted by Gasteiger charge is -2.33. The number of alkyl halides is 3. The Morgan fingerprint density at radius 3 is 2.51 bits per heavy atom. The number of amides is 2. The Labute approximate surface area is 226 Å². The van der Waals surface area contributed by atoms with Crippen LogP contribution in [-0.2, 0) is 16.1 Å². The number of nitriles is 1. The summed E-state index contributed by atoms with van der Waals surface area (Å²) >= 11 is 0.806. The van der Waals surface area contributed by atoms with Crippen LogP contribution in [0, 0.1) is 11.3 Å². The first-order valence-electron chi connectivity index (χ1n) is 12.2. The number of likely N-dealkylation sites (N-methyl/N-ethyl adjacent to an activating group) is 1. The van der Waals surface area contributed by atoms with Gasteiger partial charge < -0.3 is 25.2 Å². The number of hydrogen-bond acceptors (Lipinski definition) is 8. The Hall–Kier alpha value is -3.83. The minimum Gasteiger partial charge on any atom is -0.484 e. The van der Waals surface area contributed by atoms with E-state index in [0.29, 0.717) is 24.5 Å². The minimum atomic E-state index is -4.64. The predicted octanol–water partition coefficient (Wildman–Crippen LogP) is 0.675. The van der Waals surface area contributed by atoms with Crippen molar-refractivity contribution in [1.29, 1.82) is 5.26 Å². The van der Waals surface area contributed by atoms with Crippen molar-refractivity contribution in [3.8, 4) is 11.8 Å². The molecule has 14 heteroatoms. The molecule has 1 aliphatic heterocycles. The Bertz CT molecular complexity index is 1400. The molecule has 10 nitrogen and oxygen atoms in total. The number of nitrogens with zero attached hydrogens (tertiary/aromatic N) is 4. The van der Waals surface area contributed by atoms with E-state index < -0.39 is 29.8 Å². The van der Waals surface area contributed by atoms with Crippen LogP contribution < -0.4 is 30.1 Å². The lowest BCUT2D eigenvalue weighted by molar-refractivity contribution is -0.135. The highest BCUT2D eigenvalue weighted by atomic mass is 32.1. The second-order valence-corrected chi connectivity index (χ2v) is 9.56. The maximum Gasteiger partial charge on any atom is 0.405 e. The van der Waals surface area contributed by atoms with Crippen molar-refractivity contribution >= 4 is 40.6 Å². The first-order chi connectivity index (χ1) is 18.6. The van der Waals surface area contributed by atoms with Gasteiger partial charge in [0.05, 0.1) is 0 Å². The lowest BCUT2D eigenvalue weighted by Crippen LogP contribution is -2.49. The van der Waals surface area contributed by atoms with Gasteiger partial charge >= 0.3 is 6.18 Å². The molecule has 210 valence electrons. The summed E-state index contributed by atoms with van der Waals surface area (Å²) in [6.07, 6.45) is -3.27. The molecule has 0 saturated carbocycles. The molecule has 2 amide bonds. The fourth-order valence-corrected chi connectivity index (χ4v) is 4.92. The van der Waals surface area contributed by atoms with Crippen molar-refractivity contribution in [1.82, 2.24) is 19.7 Å². The van der Waals surface area contributed by atoms with E-state index in [4.69, 9.17) is 4.74 Å². The molecule has 0 unspecified atom stereocenters. The number of hydrogen-bond donors (Lipinski definition) is 2. The largest absolute Gasteiger partial charge is 0.484 e. The van der Waals surface area contributed by atoms with Crippen molar-refractivity contribution in [2.75, 3.05) is 51.2 Å². The summed E-state index contributed by atoms with van der Waals surface area (Å²) in [6.45, 7) is 5.99. The molecule has 0 radical (unpaired) electrons. The van der Waals surface area contributed by atoms with Gasteiger partial charge in [-0.05, 0) is 25.6 Å². The summed E-state index contributed by atoms with van der Waals surface area (Å²) in [4.78, 5) is 41.6. The summed E-state index contributed by atoms with van der Waals surface area (Å²) in [5.74, 6) is -0.886. The van der Waals surface area contributed by atoms with Gasteiger partial charge in [0.2, 0.25) is 0 Å². The van der Waals surface area contributed by atoms with Gasteiger partial charge in [-0.15, -0.1) is 11.3 Å². The zero-order chi connectivity index (χ0) is 28.6. The van der Waals surface area contributed by atoms with Crippen LogP contribution in [0.1, 0.15) is 13.8 Å². The number of benzene rings is 1. The summed E-state index contributed by atoms with van der Waals surface area (Å²) < 4.78 is 44.4. The fraction of sp³-hybridized carbons (Fsp3) is 0.440. The number of nitrogens with one attached hydrogen (secondary N) is 2. The zero-order valence-corrected chi connectivity index (χ0v) is 22.3. The topological polar surface area (TPSA) is 120 Å². The highest BCUT2D eigenvalue weighted by Gasteiger charge is 2.29. The number of piperazine rings is 1. The molecule has 0 aliphatic carbocycles. The molecule has 0 bridgehead atoms. The average molecular weight is 567 g/mol. The highest BCUT2D eigenvalue weighted by molar-refractivity contribution is 7.07. The van der Waals surface area contributed by atoms with Gasteiger partial charge in [-0.2, -0.15) is 18.4 Å². The first-order valence-corrected chi connectivity index (χ1v) is 13.1. The Morgan fingerprint density at radius 2 is 1.90 bits per heavy atom. The van der Waals surface area contributed by atoms with Crippen LogP contribution in [0.4, 0.5) is 18.9 Å². The van der Waals surface area contributed by atoms with Crippen molar-refractivity contribution in [3.63, 3.8) is 0 Å². The minimum absolute atomic E-state index is 0.0481. The molecule has 1 aromatic heterocycles. The molecule has 3 rings (SSSR count). The highest BCUT2D eigenvalue weighted by Crippen LogP contribution is 2.17. The molecule has 2 aromatic rings. The van der Waals surface area contributed by atoms with Gasteiger partial charge in [-0.3, -0.25) is 19.0 Å². The van der Waals surface area contributed by atoms with E-state index in [9.17, 15) is 32.8 Å². The molecule has 1 fully saturated rings. The third-order valence-electron chi connectivity index (χ3n) is 5.96. The summed E-state index contributed by atoms with van der Waals surface area (Å²) in [7, 11) is 0. The third-order valence-corrected chi connectivity index (χ3v) is 7.09. The Balaban J connectivity index is 1.74. The van der Waals surface area contributed by atoms with Crippen LogP contribution in [0.25, 0.3) is 11.8 Å². The number of anilines is 1. The van der Waals surface area contributed by atoms with Crippen molar-refractivity contribution < 1.29 is 27.5 Å². The summed E-state index contributed by atoms with van der Waals surface area (Å²) in [6, 6.07) is 8.35. The number of carbonyl (C=O) groups is 2. The number of thiazole rings is 1. The normalized spacial score (nSPS) is 15.5.